The molecule has 8 heteroatoms. The number of carbonyl (C=O) groups excluding carboxylic acids is 1. The number of nitrogens with one attached hydrogen (secondary N) is 1. The van der Waals surface area contributed by atoms with Crippen LogP contribution in [0.3, 0.4) is 0 Å². The van der Waals surface area contributed by atoms with E-state index in [2.05, 4.69) is 16.8 Å². The Morgan fingerprint density at radius 2 is 1.76 bits per heavy atom. The minimum atomic E-state index is -1.08. The number of hydrogen-bond acceptors (Lipinski definition) is 4. The molecule has 0 fully saturated rings. The van der Waals surface area contributed by atoms with E-state index in [4.69, 9.17) is 9.72 Å². The fraction of sp³-hybridized carbons (Fsp3) is 0.276. The lowest BCUT2D eigenvalue weighted by Gasteiger charge is -2.16. The van der Waals surface area contributed by atoms with Crippen molar-refractivity contribution in [3.8, 4) is 5.75 Å². The van der Waals surface area contributed by atoms with Crippen LogP contribution in [0, 0.1) is 0 Å². The van der Waals surface area contributed by atoms with E-state index >= 15 is 0 Å². The van der Waals surface area contributed by atoms with Gasteiger partial charge in [-0.15, -0.1) is 12.4 Å². The number of ether oxygens (including phenoxy) is 1. The van der Waals surface area contributed by atoms with Crippen LogP contribution in [0.5, 0.6) is 5.75 Å². The van der Waals surface area contributed by atoms with E-state index in [1.54, 1.807) is 36.4 Å². The van der Waals surface area contributed by atoms with Crippen LogP contribution in [-0.2, 0) is 22.6 Å². The zero-order valence-electron chi connectivity index (χ0n) is 21.0. The van der Waals surface area contributed by atoms with Crippen molar-refractivity contribution in [2.45, 2.75) is 52.2 Å². The number of carbonyl (C=O) groups is 2. The highest BCUT2D eigenvalue weighted by molar-refractivity contribution is 5.93. The topological polar surface area (TPSA) is 93.5 Å². The molecule has 3 aromatic carbocycles. The molecule has 0 saturated heterocycles. The molecule has 37 heavy (non-hydrogen) atoms. The maximum atomic E-state index is 11.9. The molecule has 4 aromatic rings. The van der Waals surface area contributed by atoms with Crippen molar-refractivity contribution in [1.82, 2.24) is 9.55 Å². The molecule has 0 bridgehead atoms. The zero-order valence-corrected chi connectivity index (χ0v) is 21.8. The van der Waals surface area contributed by atoms with Gasteiger partial charge < -0.3 is 19.7 Å². The second-order valence-corrected chi connectivity index (χ2v) is 8.71. The van der Waals surface area contributed by atoms with Crippen molar-refractivity contribution >= 4 is 41.0 Å². The second-order valence-electron chi connectivity index (χ2n) is 8.71. The van der Waals surface area contributed by atoms with Crippen LogP contribution in [0.25, 0.3) is 11.0 Å². The number of imidazole rings is 1. The standard InChI is InChI=1S/C29H31N3O4.ClH/c1-3-5-11-26-31-24-17-14-22(30-27(33)4-2)18-25(24)32(26)19-20-12-15-23(16-13-20)36-28(29(34)35)21-9-7-6-8-10-21;/h6-10,12-18,28H,3-5,11,19H2,1-2H3,(H,30,33)(H,34,35);1H. The van der Waals surface area contributed by atoms with E-state index in [9.17, 15) is 14.7 Å². The smallest absolute Gasteiger partial charge is 0.349 e. The first-order chi connectivity index (χ1) is 17.5. The van der Waals surface area contributed by atoms with Gasteiger partial charge >= 0.3 is 5.97 Å². The first kappa shape index (κ1) is 27.7. The summed E-state index contributed by atoms with van der Waals surface area (Å²) in [6.07, 6.45) is 2.30. The van der Waals surface area contributed by atoms with Gasteiger partial charge in [0.05, 0.1) is 11.0 Å². The molecular formula is C29H32ClN3O4. The first-order valence-electron chi connectivity index (χ1n) is 12.3. The monoisotopic (exact) mass is 521 g/mol. The largest absolute Gasteiger partial charge is 0.478 e. The predicted octanol–water partition coefficient (Wildman–Crippen LogP) is 6.40. The number of rotatable bonds is 11. The summed E-state index contributed by atoms with van der Waals surface area (Å²) >= 11 is 0. The normalized spacial score (nSPS) is 11.5. The number of nitrogens with zero attached hydrogens (tertiary/aromatic N) is 2. The average molecular weight is 522 g/mol. The molecule has 1 aromatic heterocycles. The Kier molecular flexibility index (Phi) is 9.69. The SMILES string of the molecule is CCCCc1nc2ccc(NC(=O)CC)cc2n1Cc1ccc(OC(C(=O)O)c2ccccc2)cc1.Cl. The van der Waals surface area contributed by atoms with Gasteiger partial charge in [-0.2, -0.15) is 0 Å². The van der Waals surface area contributed by atoms with Crippen LogP contribution in [0.1, 0.15) is 56.2 Å². The van der Waals surface area contributed by atoms with Gasteiger partial charge in [0.15, 0.2) is 0 Å². The molecule has 194 valence electrons. The highest BCUT2D eigenvalue weighted by Crippen LogP contribution is 2.26. The molecule has 4 rings (SSSR count). The number of fused-ring (bicyclic) bond motifs is 1. The molecule has 0 aliphatic rings. The maximum absolute atomic E-state index is 11.9. The number of aryl methyl sites for hydroxylation is 1. The molecule has 7 nitrogen and oxygen atoms in total. The Bertz CT molecular complexity index is 1340. The van der Waals surface area contributed by atoms with Crippen molar-refractivity contribution in [2.24, 2.45) is 0 Å². The number of anilines is 1. The lowest BCUT2D eigenvalue weighted by Crippen LogP contribution is -2.18. The van der Waals surface area contributed by atoms with Crippen LogP contribution in [0.15, 0.2) is 72.8 Å². The maximum Gasteiger partial charge on any atom is 0.349 e. The summed E-state index contributed by atoms with van der Waals surface area (Å²) in [5.41, 5.74) is 4.23. The highest BCUT2D eigenvalue weighted by atomic mass is 35.5. The minimum Gasteiger partial charge on any atom is -0.478 e. The lowest BCUT2D eigenvalue weighted by molar-refractivity contribution is -0.145. The van der Waals surface area contributed by atoms with Gasteiger partial charge in [-0.1, -0.05) is 62.7 Å². The van der Waals surface area contributed by atoms with E-state index in [-0.39, 0.29) is 18.3 Å². The van der Waals surface area contributed by atoms with Crippen LogP contribution < -0.4 is 10.1 Å². The molecule has 0 saturated carbocycles. The van der Waals surface area contributed by atoms with Crippen molar-refractivity contribution in [3.63, 3.8) is 0 Å². The third-order valence-corrected chi connectivity index (χ3v) is 6.03. The van der Waals surface area contributed by atoms with E-state index in [0.29, 0.717) is 24.3 Å². The quantitative estimate of drug-likeness (QED) is 0.238. The Hall–Kier alpha value is -3.84. The van der Waals surface area contributed by atoms with Crippen molar-refractivity contribution < 1.29 is 19.4 Å². The summed E-state index contributed by atoms with van der Waals surface area (Å²) in [6.45, 7) is 4.58. The first-order valence-corrected chi connectivity index (χ1v) is 12.3. The van der Waals surface area contributed by atoms with Gasteiger partial charge in [-0.25, -0.2) is 9.78 Å². The number of carboxylic acid groups (broad SMARTS) is 1. The summed E-state index contributed by atoms with van der Waals surface area (Å²) < 4.78 is 7.99. The van der Waals surface area contributed by atoms with Crippen LogP contribution in [-0.4, -0.2) is 26.5 Å². The number of aromatic nitrogens is 2. The molecule has 0 aliphatic carbocycles. The van der Waals surface area contributed by atoms with E-state index in [1.165, 1.54) is 0 Å². The number of aliphatic carboxylic acids is 1. The minimum absolute atomic E-state index is 0. The highest BCUT2D eigenvalue weighted by Gasteiger charge is 2.21. The third-order valence-electron chi connectivity index (χ3n) is 6.03. The zero-order chi connectivity index (χ0) is 25.5. The summed E-state index contributed by atoms with van der Waals surface area (Å²) in [5.74, 6) is 0.418. The van der Waals surface area contributed by atoms with Gasteiger partial charge in [-0.3, -0.25) is 4.79 Å². The van der Waals surface area contributed by atoms with Gasteiger partial charge in [0.2, 0.25) is 12.0 Å². The molecule has 2 N–H and O–H groups in total. The molecular weight excluding hydrogens is 490 g/mol. The van der Waals surface area contributed by atoms with Crippen LogP contribution >= 0.6 is 12.4 Å². The van der Waals surface area contributed by atoms with Crippen LogP contribution in [0.4, 0.5) is 5.69 Å². The molecule has 0 radical (unpaired) electrons. The van der Waals surface area contributed by atoms with E-state index < -0.39 is 12.1 Å². The molecule has 0 aliphatic heterocycles. The van der Waals surface area contributed by atoms with Gasteiger partial charge in [0.1, 0.15) is 11.6 Å². The summed E-state index contributed by atoms with van der Waals surface area (Å²) in [5, 5.41) is 12.6. The molecule has 1 atom stereocenters. The number of carboxylic acids is 1. The average Bonchev–Trinajstić information content (AvgIpc) is 3.23. The lowest BCUT2D eigenvalue weighted by atomic mass is 10.1. The number of hydrogen-bond donors (Lipinski definition) is 2. The number of amides is 1. The Morgan fingerprint density at radius 1 is 1.03 bits per heavy atom. The summed E-state index contributed by atoms with van der Waals surface area (Å²) in [6, 6.07) is 22.2. The summed E-state index contributed by atoms with van der Waals surface area (Å²) in [4.78, 5) is 28.5. The van der Waals surface area contributed by atoms with Crippen molar-refractivity contribution in [3.05, 3.63) is 89.7 Å². The van der Waals surface area contributed by atoms with E-state index in [1.807, 2.05) is 43.3 Å². The van der Waals surface area contributed by atoms with Gasteiger partial charge in [0.25, 0.3) is 0 Å². The Balaban J connectivity index is 0.00000380. The number of benzene rings is 3. The molecule has 1 unspecified atom stereocenters. The Labute approximate surface area is 222 Å². The van der Waals surface area contributed by atoms with E-state index in [0.717, 1.165) is 47.4 Å². The molecule has 0 spiro atoms. The Morgan fingerprint density at radius 3 is 2.41 bits per heavy atom. The van der Waals surface area contributed by atoms with Crippen molar-refractivity contribution in [2.75, 3.05) is 5.32 Å². The second kappa shape index (κ2) is 12.9. The van der Waals surface area contributed by atoms with Crippen LogP contribution in [0.2, 0.25) is 0 Å². The predicted molar refractivity (Wildman–Crippen MR) is 148 cm³/mol. The molecule has 1 amide bonds. The third kappa shape index (κ3) is 6.89. The number of unbranched alkanes of at least 4 members (excludes halogenated alkanes) is 1. The fourth-order valence-corrected chi connectivity index (χ4v) is 4.08. The molecule has 1 heterocycles. The fourth-order valence-electron chi connectivity index (χ4n) is 4.08. The number of halogens is 1. The van der Waals surface area contributed by atoms with Gasteiger partial charge in [0, 0.05) is 30.6 Å². The van der Waals surface area contributed by atoms with Gasteiger partial charge in [-0.05, 0) is 42.3 Å². The summed E-state index contributed by atoms with van der Waals surface area (Å²) in [7, 11) is 0. The van der Waals surface area contributed by atoms with Crippen molar-refractivity contribution in [1.29, 1.82) is 0 Å².